The normalized spacial score (nSPS) is 10.7. The molecule has 0 saturated heterocycles. The Labute approximate surface area is 111 Å². The summed E-state index contributed by atoms with van der Waals surface area (Å²) in [7, 11) is 1.98. The predicted octanol–water partition coefficient (Wildman–Crippen LogP) is 1.68. The van der Waals surface area contributed by atoms with E-state index < -0.39 is 4.92 Å². The highest BCUT2D eigenvalue weighted by atomic mass is 32.2. The van der Waals surface area contributed by atoms with Crippen LogP contribution in [-0.4, -0.2) is 35.4 Å². The third kappa shape index (κ3) is 4.17. The zero-order chi connectivity index (χ0) is 13.5. The van der Waals surface area contributed by atoms with Crippen LogP contribution in [0.25, 0.3) is 0 Å². The van der Waals surface area contributed by atoms with Gasteiger partial charge in [-0.3, -0.25) is 16.0 Å². The van der Waals surface area contributed by atoms with Crippen LogP contribution in [0.4, 0.5) is 11.4 Å². The van der Waals surface area contributed by atoms with Crippen LogP contribution in [-0.2, 0) is 6.54 Å². The summed E-state index contributed by atoms with van der Waals surface area (Å²) in [6, 6.07) is 4.64. The van der Waals surface area contributed by atoms with E-state index in [1.807, 2.05) is 13.3 Å². The van der Waals surface area contributed by atoms with Gasteiger partial charge in [-0.25, -0.2) is 0 Å². The first-order valence-electron chi connectivity index (χ1n) is 5.50. The Morgan fingerprint density at radius 2 is 2.28 bits per heavy atom. The molecule has 0 fully saturated rings. The molecule has 18 heavy (non-hydrogen) atoms. The summed E-state index contributed by atoms with van der Waals surface area (Å²) >= 11 is 1.77. The number of nitro benzene ring substituents is 1. The zero-order valence-electron chi connectivity index (χ0n) is 10.5. The molecular weight excluding hydrogens is 252 g/mol. The maximum absolute atomic E-state index is 10.7. The van der Waals surface area contributed by atoms with Crippen LogP contribution < -0.4 is 11.3 Å². The topological polar surface area (TPSA) is 84.4 Å². The number of benzene rings is 1. The highest BCUT2D eigenvalue weighted by Gasteiger charge is 2.11. The fourth-order valence-corrected chi connectivity index (χ4v) is 2.08. The molecule has 1 aromatic carbocycles. The van der Waals surface area contributed by atoms with Gasteiger partial charge >= 0.3 is 0 Å². The maximum atomic E-state index is 10.7. The molecule has 0 radical (unpaired) electrons. The first kappa shape index (κ1) is 14.7. The Balaban J connectivity index is 2.84. The number of hydrogen-bond acceptors (Lipinski definition) is 6. The van der Waals surface area contributed by atoms with Gasteiger partial charge < -0.3 is 10.3 Å². The van der Waals surface area contributed by atoms with E-state index in [1.54, 1.807) is 23.9 Å². The van der Waals surface area contributed by atoms with Crippen LogP contribution in [0.1, 0.15) is 5.56 Å². The summed E-state index contributed by atoms with van der Waals surface area (Å²) in [6.07, 6.45) is 2.05. The standard InChI is InChI=1S/C11H18N4O2S/c1-14(5-6-18-2)8-9-7-10(15(16)17)3-4-11(9)13-12/h3-4,7,13H,5-6,8,12H2,1-2H3. The Morgan fingerprint density at radius 3 is 2.83 bits per heavy atom. The van der Waals surface area contributed by atoms with Gasteiger partial charge in [-0.2, -0.15) is 11.8 Å². The number of rotatable bonds is 7. The molecule has 6 nitrogen and oxygen atoms in total. The molecule has 0 aliphatic rings. The number of hydrazine groups is 1. The van der Waals surface area contributed by atoms with Crippen LogP contribution in [0.5, 0.6) is 0 Å². The molecule has 0 heterocycles. The van der Waals surface area contributed by atoms with Crippen molar-refractivity contribution >= 4 is 23.1 Å². The van der Waals surface area contributed by atoms with Crippen molar-refractivity contribution in [2.75, 3.05) is 31.0 Å². The monoisotopic (exact) mass is 270 g/mol. The lowest BCUT2D eigenvalue weighted by Crippen LogP contribution is -2.22. The lowest BCUT2D eigenvalue weighted by atomic mass is 10.1. The number of nitro groups is 1. The summed E-state index contributed by atoms with van der Waals surface area (Å²) in [5.74, 6) is 6.43. The predicted molar refractivity (Wildman–Crippen MR) is 75.6 cm³/mol. The molecule has 0 bridgehead atoms. The number of thioether (sulfide) groups is 1. The van der Waals surface area contributed by atoms with Crippen LogP contribution in [0.15, 0.2) is 18.2 Å². The Kier molecular flexibility index (Phi) is 5.90. The van der Waals surface area contributed by atoms with Crippen molar-refractivity contribution in [3.05, 3.63) is 33.9 Å². The molecule has 0 spiro atoms. The fraction of sp³-hybridized carbons (Fsp3) is 0.455. The van der Waals surface area contributed by atoms with E-state index in [-0.39, 0.29) is 5.69 Å². The lowest BCUT2D eigenvalue weighted by Gasteiger charge is -2.18. The molecule has 0 unspecified atom stereocenters. The van der Waals surface area contributed by atoms with Gasteiger partial charge in [-0.1, -0.05) is 0 Å². The van der Waals surface area contributed by atoms with Crippen molar-refractivity contribution in [1.82, 2.24) is 4.90 Å². The molecule has 0 aliphatic heterocycles. The van der Waals surface area contributed by atoms with Crippen LogP contribution in [0, 0.1) is 10.1 Å². The van der Waals surface area contributed by atoms with Crippen molar-refractivity contribution in [3.8, 4) is 0 Å². The van der Waals surface area contributed by atoms with E-state index in [2.05, 4.69) is 10.3 Å². The van der Waals surface area contributed by atoms with Gasteiger partial charge in [-0.15, -0.1) is 0 Å². The van der Waals surface area contributed by atoms with Gasteiger partial charge in [0.25, 0.3) is 5.69 Å². The largest absolute Gasteiger partial charge is 0.324 e. The second-order valence-corrected chi connectivity index (χ2v) is 4.96. The van der Waals surface area contributed by atoms with Gasteiger partial charge in [0.2, 0.25) is 0 Å². The first-order chi connectivity index (χ1) is 8.58. The number of nitrogens with zero attached hydrogens (tertiary/aromatic N) is 2. The molecule has 0 saturated carbocycles. The lowest BCUT2D eigenvalue weighted by molar-refractivity contribution is -0.384. The molecular formula is C11H18N4O2S. The van der Waals surface area contributed by atoms with Gasteiger partial charge in [-0.05, 0) is 24.9 Å². The number of nitrogen functional groups attached to an aromatic ring is 1. The number of hydrogen-bond donors (Lipinski definition) is 2. The van der Waals surface area contributed by atoms with Crippen molar-refractivity contribution < 1.29 is 4.92 Å². The molecule has 1 rings (SSSR count). The number of non-ortho nitro benzene ring substituents is 1. The third-order valence-electron chi connectivity index (χ3n) is 2.57. The Bertz CT molecular complexity index is 414. The second kappa shape index (κ2) is 7.20. The van der Waals surface area contributed by atoms with Crippen molar-refractivity contribution in [3.63, 3.8) is 0 Å². The SMILES string of the molecule is CSCCN(C)Cc1cc([N+](=O)[O-])ccc1NN. The van der Waals surface area contributed by atoms with Gasteiger partial charge in [0.05, 0.1) is 10.6 Å². The molecule has 1 aromatic rings. The van der Waals surface area contributed by atoms with Gasteiger partial charge in [0, 0.05) is 31.0 Å². The van der Waals surface area contributed by atoms with Gasteiger partial charge in [0.15, 0.2) is 0 Å². The molecule has 0 atom stereocenters. The summed E-state index contributed by atoms with van der Waals surface area (Å²) in [5, 5.41) is 10.7. The van der Waals surface area contributed by atoms with Crippen LogP contribution in [0.2, 0.25) is 0 Å². The molecule has 0 amide bonds. The highest BCUT2D eigenvalue weighted by molar-refractivity contribution is 7.98. The zero-order valence-corrected chi connectivity index (χ0v) is 11.4. The van der Waals surface area contributed by atoms with Crippen molar-refractivity contribution in [2.45, 2.75) is 6.54 Å². The fourth-order valence-electron chi connectivity index (χ4n) is 1.58. The second-order valence-electron chi connectivity index (χ2n) is 3.97. The number of nitrogens with two attached hydrogens (primary N) is 1. The molecule has 7 heteroatoms. The van der Waals surface area contributed by atoms with E-state index in [9.17, 15) is 10.1 Å². The average Bonchev–Trinajstić information content (AvgIpc) is 2.36. The summed E-state index contributed by atoms with van der Waals surface area (Å²) in [6.45, 7) is 1.55. The molecule has 0 aliphatic carbocycles. The van der Waals surface area contributed by atoms with E-state index in [0.29, 0.717) is 6.54 Å². The van der Waals surface area contributed by atoms with Crippen molar-refractivity contribution in [1.29, 1.82) is 0 Å². The minimum absolute atomic E-state index is 0.0854. The number of nitrogens with one attached hydrogen (secondary N) is 1. The van der Waals surface area contributed by atoms with E-state index >= 15 is 0 Å². The first-order valence-corrected chi connectivity index (χ1v) is 6.89. The van der Waals surface area contributed by atoms with Crippen LogP contribution >= 0.6 is 11.8 Å². The molecule has 0 aromatic heterocycles. The smallest absolute Gasteiger partial charge is 0.269 e. The third-order valence-corrected chi connectivity index (χ3v) is 3.16. The Hall–Kier alpha value is -1.31. The quantitative estimate of drug-likeness (QED) is 0.445. The number of anilines is 1. The van der Waals surface area contributed by atoms with E-state index in [4.69, 9.17) is 5.84 Å². The summed E-state index contributed by atoms with van der Waals surface area (Å²) in [4.78, 5) is 12.5. The van der Waals surface area contributed by atoms with E-state index in [1.165, 1.54) is 6.07 Å². The average molecular weight is 270 g/mol. The molecule has 3 N–H and O–H groups in total. The minimum Gasteiger partial charge on any atom is -0.324 e. The van der Waals surface area contributed by atoms with Crippen molar-refractivity contribution in [2.24, 2.45) is 5.84 Å². The summed E-state index contributed by atoms with van der Waals surface area (Å²) in [5.41, 5.74) is 4.20. The summed E-state index contributed by atoms with van der Waals surface area (Å²) < 4.78 is 0. The molecule has 100 valence electrons. The highest BCUT2D eigenvalue weighted by Crippen LogP contribution is 2.22. The van der Waals surface area contributed by atoms with E-state index in [0.717, 1.165) is 23.5 Å². The Morgan fingerprint density at radius 1 is 1.56 bits per heavy atom. The van der Waals surface area contributed by atoms with Gasteiger partial charge in [0.1, 0.15) is 0 Å². The maximum Gasteiger partial charge on any atom is 0.269 e. The van der Waals surface area contributed by atoms with Crippen LogP contribution in [0.3, 0.4) is 0 Å². The minimum atomic E-state index is -0.397.